The van der Waals surface area contributed by atoms with Crippen LogP contribution in [0.4, 0.5) is 0 Å². The van der Waals surface area contributed by atoms with E-state index in [2.05, 4.69) is 33.2 Å². The van der Waals surface area contributed by atoms with Crippen LogP contribution in [0.5, 0.6) is 0 Å². The van der Waals surface area contributed by atoms with Crippen LogP contribution >= 0.6 is 15.9 Å². The zero-order valence-electron chi connectivity index (χ0n) is 10.3. The quantitative estimate of drug-likeness (QED) is 0.924. The number of aromatic nitrogens is 3. The zero-order chi connectivity index (χ0) is 13.0. The molecule has 0 unspecified atom stereocenters. The molecule has 0 radical (unpaired) electrons. The maximum atomic E-state index is 9.30. The Labute approximate surface area is 115 Å². The van der Waals surface area contributed by atoms with Crippen LogP contribution in [0, 0.1) is 0 Å². The summed E-state index contributed by atoms with van der Waals surface area (Å²) >= 11 is 3.41. The first-order chi connectivity index (χ1) is 8.76. The first-order valence-corrected chi connectivity index (χ1v) is 6.85. The van der Waals surface area contributed by atoms with Crippen molar-refractivity contribution in [2.75, 3.05) is 0 Å². The van der Waals surface area contributed by atoms with Crippen LogP contribution in [-0.4, -0.2) is 20.1 Å². The third-order valence-electron chi connectivity index (χ3n) is 2.83. The molecule has 5 heteroatoms. The molecule has 0 aliphatic rings. The predicted molar refractivity (Wildman–Crippen MR) is 73.6 cm³/mol. The number of nitrogens with zero attached hydrogens (tertiary/aromatic N) is 3. The second-order valence-electron chi connectivity index (χ2n) is 4.13. The largest absolute Gasteiger partial charge is 0.390 e. The number of aliphatic hydroxyl groups is 1. The molecule has 0 atom stereocenters. The normalized spacial score (nSPS) is 10.8. The SMILES string of the molecule is CCCCc1c(CO)nnn1-c1ccc(Br)cc1. The summed E-state index contributed by atoms with van der Waals surface area (Å²) in [4.78, 5) is 0. The number of hydrogen-bond donors (Lipinski definition) is 1. The highest BCUT2D eigenvalue weighted by Crippen LogP contribution is 2.18. The summed E-state index contributed by atoms with van der Waals surface area (Å²) in [6.45, 7) is 2.09. The fourth-order valence-electron chi connectivity index (χ4n) is 1.84. The van der Waals surface area contributed by atoms with Crippen LogP contribution in [0.15, 0.2) is 28.7 Å². The van der Waals surface area contributed by atoms with Gasteiger partial charge in [0.1, 0.15) is 5.69 Å². The number of halogens is 1. The average molecular weight is 310 g/mol. The Kier molecular flexibility index (Phi) is 4.49. The zero-order valence-corrected chi connectivity index (χ0v) is 11.9. The summed E-state index contributed by atoms with van der Waals surface area (Å²) in [5.41, 5.74) is 2.64. The maximum Gasteiger partial charge on any atom is 0.112 e. The Balaban J connectivity index is 2.37. The molecule has 0 amide bonds. The molecule has 1 aromatic carbocycles. The van der Waals surface area contributed by atoms with Crippen molar-refractivity contribution in [3.05, 3.63) is 40.1 Å². The smallest absolute Gasteiger partial charge is 0.112 e. The summed E-state index contributed by atoms with van der Waals surface area (Å²) < 4.78 is 2.84. The van der Waals surface area contributed by atoms with Gasteiger partial charge in [-0.25, -0.2) is 4.68 Å². The molecule has 1 N–H and O–H groups in total. The molecule has 0 aliphatic heterocycles. The summed E-state index contributed by atoms with van der Waals surface area (Å²) in [6.07, 6.45) is 3.06. The van der Waals surface area contributed by atoms with Gasteiger partial charge in [0.2, 0.25) is 0 Å². The van der Waals surface area contributed by atoms with E-state index >= 15 is 0 Å². The first-order valence-electron chi connectivity index (χ1n) is 6.06. The first kappa shape index (κ1) is 13.2. The molecule has 0 bridgehead atoms. The molecular weight excluding hydrogens is 294 g/mol. The number of hydrogen-bond acceptors (Lipinski definition) is 3. The number of unbranched alkanes of at least 4 members (excludes halogenated alkanes) is 1. The molecule has 0 spiro atoms. The van der Waals surface area contributed by atoms with Crippen LogP contribution in [-0.2, 0) is 13.0 Å². The summed E-state index contributed by atoms with van der Waals surface area (Å²) in [5, 5.41) is 17.5. The third kappa shape index (κ3) is 2.79. The molecule has 0 saturated heterocycles. The Bertz CT molecular complexity index is 507. The highest BCUT2D eigenvalue weighted by Gasteiger charge is 2.12. The molecule has 96 valence electrons. The van der Waals surface area contributed by atoms with Gasteiger partial charge in [0, 0.05) is 4.47 Å². The highest BCUT2D eigenvalue weighted by atomic mass is 79.9. The van der Waals surface area contributed by atoms with Crippen LogP contribution < -0.4 is 0 Å². The molecule has 4 nitrogen and oxygen atoms in total. The molecular formula is C13H16BrN3O. The molecule has 1 heterocycles. The van der Waals surface area contributed by atoms with Gasteiger partial charge in [-0.2, -0.15) is 0 Å². The second-order valence-corrected chi connectivity index (χ2v) is 5.05. The Morgan fingerprint density at radius 2 is 2.00 bits per heavy atom. The van der Waals surface area contributed by atoms with Crippen molar-refractivity contribution >= 4 is 15.9 Å². The minimum atomic E-state index is -0.0599. The topological polar surface area (TPSA) is 50.9 Å². The van der Waals surface area contributed by atoms with Crippen LogP contribution in [0.1, 0.15) is 31.2 Å². The molecule has 0 fully saturated rings. The molecule has 1 aromatic heterocycles. The lowest BCUT2D eigenvalue weighted by atomic mass is 10.1. The number of rotatable bonds is 5. The van der Waals surface area contributed by atoms with Crippen molar-refractivity contribution in [2.45, 2.75) is 32.8 Å². The molecule has 0 aliphatic carbocycles. The van der Waals surface area contributed by atoms with Gasteiger partial charge in [-0.3, -0.25) is 0 Å². The van der Waals surface area contributed by atoms with Gasteiger partial charge in [0.25, 0.3) is 0 Å². The standard InChI is InChI=1S/C13H16BrN3O/c1-2-3-4-13-12(9-18)15-16-17(13)11-7-5-10(14)6-8-11/h5-8,18H,2-4,9H2,1H3. The fraction of sp³-hybridized carbons (Fsp3) is 0.385. The van der Waals surface area contributed by atoms with Crippen LogP contribution in [0.2, 0.25) is 0 Å². The lowest BCUT2D eigenvalue weighted by Gasteiger charge is -2.07. The highest BCUT2D eigenvalue weighted by molar-refractivity contribution is 9.10. The van der Waals surface area contributed by atoms with E-state index in [1.54, 1.807) is 0 Å². The van der Waals surface area contributed by atoms with E-state index in [1.165, 1.54) is 0 Å². The monoisotopic (exact) mass is 309 g/mol. The van der Waals surface area contributed by atoms with E-state index < -0.39 is 0 Å². The molecule has 2 rings (SSSR count). The van der Waals surface area contributed by atoms with Gasteiger partial charge < -0.3 is 5.11 Å². The van der Waals surface area contributed by atoms with Crippen LogP contribution in [0.3, 0.4) is 0 Å². The Hall–Kier alpha value is -1.20. The van der Waals surface area contributed by atoms with Crippen LogP contribution in [0.25, 0.3) is 5.69 Å². The predicted octanol–water partition coefficient (Wildman–Crippen LogP) is 2.86. The lowest BCUT2D eigenvalue weighted by molar-refractivity contribution is 0.275. The van der Waals surface area contributed by atoms with E-state index in [9.17, 15) is 5.11 Å². The second kappa shape index (κ2) is 6.11. The third-order valence-corrected chi connectivity index (χ3v) is 3.36. The van der Waals surface area contributed by atoms with Crippen molar-refractivity contribution in [2.24, 2.45) is 0 Å². The molecule has 0 saturated carbocycles. The van der Waals surface area contributed by atoms with Crippen molar-refractivity contribution in [3.63, 3.8) is 0 Å². The number of benzene rings is 1. The summed E-state index contributed by atoms with van der Waals surface area (Å²) in [5.74, 6) is 0. The summed E-state index contributed by atoms with van der Waals surface area (Å²) in [7, 11) is 0. The van der Waals surface area contributed by atoms with Crippen molar-refractivity contribution < 1.29 is 5.11 Å². The molecule has 2 aromatic rings. The van der Waals surface area contributed by atoms with E-state index in [1.807, 2.05) is 28.9 Å². The average Bonchev–Trinajstić information content (AvgIpc) is 2.80. The molecule has 18 heavy (non-hydrogen) atoms. The minimum absolute atomic E-state index is 0.0599. The fourth-order valence-corrected chi connectivity index (χ4v) is 2.10. The Morgan fingerprint density at radius 3 is 2.61 bits per heavy atom. The van der Waals surface area contributed by atoms with Crippen molar-refractivity contribution in [1.82, 2.24) is 15.0 Å². The van der Waals surface area contributed by atoms with Gasteiger partial charge in [-0.05, 0) is 37.1 Å². The summed E-state index contributed by atoms with van der Waals surface area (Å²) in [6, 6.07) is 7.91. The lowest BCUT2D eigenvalue weighted by Crippen LogP contribution is -2.04. The van der Waals surface area contributed by atoms with Gasteiger partial charge in [-0.1, -0.05) is 34.5 Å². The van der Waals surface area contributed by atoms with Gasteiger partial charge in [-0.15, -0.1) is 5.10 Å². The van der Waals surface area contributed by atoms with E-state index in [-0.39, 0.29) is 6.61 Å². The number of aliphatic hydroxyl groups excluding tert-OH is 1. The van der Waals surface area contributed by atoms with Crippen molar-refractivity contribution in [3.8, 4) is 5.69 Å². The van der Waals surface area contributed by atoms with Gasteiger partial charge in [0.05, 0.1) is 18.0 Å². The van der Waals surface area contributed by atoms with E-state index in [0.717, 1.165) is 35.1 Å². The maximum absolute atomic E-state index is 9.30. The minimum Gasteiger partial charge on any atom is -0.390 e. The van der Waals surface area contributed by atoms with Gasteiger partial charge in [0.15, 0.2) is 0 Å². The van der Waals surface area contributed by atoms with Gasteiger partial charge >= 0.3 is 0 Å². The van der Waals surface area contributed by atoms with Crippen molar-refractivity contribution in [1.29, 1.82) is 0 Å². The van der Waals surface area contributed by atoms with E-state index in [4.69, 9.17) is 0 Å². The Morgan fingerprint density at radius 1 is 1.28 bits per heavy atom. The van der Waals surface area contributed by atoms with E-state index in [0.29, 0.717) is 5.69 Å².